The van der Waals surface area contributed by atoms with E-state index in [1.807, 2.05) is 12.2 Å². The van der Waals surface area contributed by atoms with E-state index in [4.69, 9.17) is 5.11 Å². The van der Waals surface area contributed by atoms with Crippen LogP contribution in [0, 0.1) is 0 Å². The minimum Gasteiger partial charge on any atom is -0.481 e. The maximum absolute atomic E-state index is 10.4. The zero-order chi connectivity index (χ0) is 18.0. The summed E-state index contributed by atoms with van der Waals surface area (Å²) >= 11 is 0. The smallest absolute Gasteiger partial charge is 0.303 e. The van der Waals surface area contributed by atoms with Crippen molar-refractivity contribution in [2.75, 3.05) is 0 Å². The Labute approximate surface area is 145 Å². The number of hydrogen-bond donors (Lipinski definition) is 3. The first-order chi connectivity index (χ1) is 11.6. The normalized spacial score (nSPS) is 15.1. The van der Waals surface area contributed by atoms with Crippen LogP contribution in [0.3, 0.4) is 0 Å². The van der Waals surface area contributed by atoms with Crippen molar-refractivity contribution in [2.45, 2.75) is 70.5 Å². The molecule has 3 N–H and O–H groups in total. The molecule has 0 bridgehead atoms. The SMILES string of the molecule is CCCCCC=CCC=C/C=C\C=C\C(O)C(O)CCCC(=O)O. The first kappa shape index (κ1) is 22.4. The van der Waals surface area contributed by atoms with E-state index in [2.05, 4.69) is 25.2 Å². The number of rotatable bonds is 14. The van der Waals surface area contributed by atoms with E-state index in [-0.39, 0.29) is 12.8 Å². The molecule has 4 nitrogen and oxygen atoms in total. The summed E-state index contributed by atoms with van der Waals surface area (Å²) in [6, 6.07) is 0. The summed E-state index contributed by atoms with van der Waals surface area (Å²) in [5.41, 5.74) is 0. The second-order valence-corrected chi connectivity index (χ2v) is 5.74. The third-order valence-corrected chi connectivity index (χ3v) is 3.48. The number of unbranched alkanes of at least 4 members (excludes halogenated alkanes) is 3. The van der Waals surface area contributed by atoms with Gasteiger partial charge in [0.25, 0.3) is 0 Å². The van der Waals surface area contributed by atoms with Crippen molar-refractivity contribution in [3.05, 3.63) is 48.6 Å². The van der Waals surface area contributed by atoms with Crippen LogP contribution in [0.5, 0.6) is 0 Å². The zero-order valence-electron chi connectivity index (χ0n) is 14.7. The second-order valence-electron chi connectivity index (χ2n) is 5.74. The molecule has 0 aromatic rings. The number of carboxylic acids is 1. The van der Waals surface area contributed by atoms with Gasteiger partial charge < -0.3 is 15.3 Å². The number of carboxylic acid groups (broad SMARTS) is 1. The van der Waals surface area contributed by atoms with Gasteiger partial charge in [-0.25, -0.2) is 0 Å². The van der Waals surface area contributed by atoms with Gasteiger partial charge in [-0.15, -0.1) is 0 Å². The largest absolute Gasteiger partial charge is 0.481 e. The van der Waals surface area contributed by atoms with Gasteiger partial charge >= 0.3 is 5.97 Å². The van der Waals surface area contributed by atoms with Gasteiger partial charge in [0.15, 0.2) is 0 Å². The second kappa shape index (κ2) is 16.2. The predicted octanol–water partition coefficient (Wildman–Crippen LogP) is 4.16. The maximum Gasteiger partial charge on any atom is 0.303 e. The molecule has 2 atom stereocenters. The Bertz CT molecular complexity index is 421. The van der Waals surface area contributed by atoms with Crippen LogP contribution < -0.4 is 0 Å². The van der Waals surface area contributed by atoms with Gasteiger partial charge in [-0.2, -0.15) is 0 Å². The Morgan fingerprint density at radius 2 is 1.71 bits per heavy atom. The molecule has 136 valence electrons. The lowest BCUT2D eigenvalue weighted by Crippen LogP contribution is -2.23. The zero-order valence-corrected chi connectivity index (χ0v) is 14.7. The standard InChI is InChI=1S/C20H32O4/c1-2-3-4-5-6-7-8-9-10-11-12-13-15-18(21)19(22)16-14-17-20(23)24/h6-7,9-13,15,18-19,21-22H,2-5,8,14,16-17H2,1H3,(H,23,24)/b7-6?,10-9?,12-11-,15-13+. The summed E-state index contributed by atoms with van der Waals surface area (Å²) in [6.45, 7) is 2.20. The molecule has 0 aliphatic heterocycles. The summed E-state index contributed by atoms with van der Waals surface area (Å²) in [7, 11) is 0. The van der Waals surface area contributed by atoms with E-state index in [0.29, 0.717) is 6.42 Å². The number of aliphatic hydroxyl groups excluding tert-OH is 2. The van der Waals surface area contributed by atoms with E-state index in [9.17, 15) is 15.0 Å². The Morgan fingerprint density at radius 3 is 2.42 bits per heavy atom. The number of allylic oxidation sites excluding steroid dienone is 7. The Balaban J connectivity index is 3.81. The van der Waals surface area contributed by atoms with E-state index in [1.165, 1.54) is 25.3 Å². The molecular weight excluding hydrogens is 304 g/mol. The molecule has 0 saturated heterocycles. The summed E-state index contributed by atoms with van der Waals surface area (Å²) in [6.07, 6.45) is 19.8. The molecule has 0 spiro atoms. The van der Waals surface area contributed by atoms with Gasteiger partial charge in [-0.3, -0.25) is 4.79 Å². The molecule has 0 aliphatic rings. The molecule has 0 rings (SSSR count). The van der Waals surface area contributed by atoms with Gasteiger partial charge in [0.2, 0.25) is 0 Å². The molecule has 2 unspecified atom stereocenters. The van der Waals surface area contributed by atoms with Crippen LogP contribution >= 0.6 is 0 Å². The van der Waals surface area contributed by atoms with Crippen molar-refractivity contribution < 1.29 is 20.1 Å². The maximum atomic E-state index is 10.4. The molecule has 24 heavy (non-hydrogen) atoms. The summed E-state index contributed by atoms with van der Waals surface area (Å²) in [4.78, 5) is 10.4. The molecule has 0 aromatic carbocycles. The fourth-order valence-corrected chi connectivity index (χ4v) is 2.03. The lowest BCUT2D eigenvalue weighted by atomic mass is 10.1. The van der Waals surface area contributed by atoms with Crippen LogP contribution in [-0.4, -0.2) is 33.5 Å². The van der Waals surface area contributed by atoms with Crippen molar-refractivity contribution in [1.82, 2.24) is 0 Å². The highest BCUT2D eigenvalue weighted by atomic mass is 16.4. The number of aliphatic carboxylic acids is 1. The van der Waals surface area contributed by atoms with Crippen molar-refractivity contribution in [3.63, 3.8) is 0 Å². The fraction of sp³-hybridized carbons (Fsp3) is 0.550. The molecule has 0 saturated carbocycles. The van der Waals surface area contributed by atoms with Crippen molar-refractivity contribution in [3.8, 4) is 0 Å². The highest BCUT2D eigenvalue weighted by Gasteiger charge is 2.12. The summed E-state index contributed by atoms with van der Waals surface area (Å²) < 4.78 is 0. The molecule has 4 heteroatoms. The topological polar surface area (TPSA) is 77.8 Å². The van der Waals surface area contributed by atoms with Crippen LogP contribution in [-0.2, 0) is 4.79 Å². The van der Waals surface area contributed by atoms with Crippen LogP contribution in [0.4, 0.5) is 0 Å². The van der Waals surface area contributed by atoms with Gasteiger partial charge in [-0.05, 0) is 32.1 Å². The van der Waals surface area contributed by atoms with Crippen LogP contribution in [0.15, 0.2) is 48.6 Å². The quantitative estimate of drug-likeness (QED) is 0.253. The van der Waals surface area contributed by atoms with Gasteiger partial charge in [0.05, 0.1) is 12.2 Å². The molecule has 0 amide bonds. The van der Waals surface area contributed by atoms with Gasteiger partial charge in [0, 0.05) is 6.42 Å². The van der Waals surface area contributed by atoms with Crippen molar-refractivity contribution >= 4 is 5.97 Å². The van der Waals surface area contributed by atoms with Crippen molar-refractivity contribution in [2.24, 2.45) is 0 Å². The lowest BCUT2D eigenvalue weighted by molar-refractivity contribution is -0.137. The molecular formula is C20H32O4. The molecule has 0 radical (unpaired) electrons. The minimum atomic E-state index is -0.974. The van der Waals surface area contributed by atoms with Crippen LogP contribution in [0.1, 0.15) is 58.3 Å². The van der Waals surface area contributed by atoms with Gasteiger partial charge in [-0.1, -0.05) is 68.4 Å². The van der Waals surface area contributed by atoms with Crippen LogP contribution in [0.25, 0.3) is 0 Å². The molecule has 0 aromatic heterocycles. The van der Waals surface area contributed by atoms with E-state index in [1.54, 1.807) is 12.2 Å². The van der Waals surface area contributed by atoms with Crippen molar-refractivity contribution in [1.29, 1.82) is 0 Å². The fourth-order valence-electron chi connectivity index (χ4n) is 2.03. The predicted molar refractivity (Wildman–Crippen MR) is 98.8 cm³/mol. The third kappa shape index (κ3) is 15.3. The monoisotopic (exact) mass is 336 g/mol. The lowest BCUT2D eigenvalue weighted by Gasteiger charge is -2.13. The molecule has 0 fully saturated rings. The number of aliphatic hydroxyl groups is 2. The average molecular weight is 336 g/mol. The molecule has 0 aliphatic carbocycles. The minimum absolute atomic E-state index is 0.00520. The highest BCUT2D eigenvalue weighted by molar-refractivity contribution is 5.66. The van der Waals surface area contributed by atoms with E-state index in [0.717, 1.165) is 12.8 Å². The number of carbonyl (C=O) groups is 1. The Kier molecular flexibility index (Phi) is 15.1. The number of hydrogen-bond acceptors (Lipinski definition) is 3. The van der Waals surface area contributed by atoms with E-state index >= 15 is 0 Å². The Hall–Kier alpha value is -1.65. The average Bonchev–Trinajstić information content (AvgIpc) is 2.55. The summed E-state index contributed by atoms with van der Waals surface area (Å²) in [5, 5.41) is 27.9. The first-order valence-electron chi connectivity index (χ1n) is 8.80. The highest BCUT2D eigenvalue weighted by Crippen LogP contribution is 2.06. The van der Waals surface area contributed by atoms with Gasteiger partial charge in [0.1, 0.15) is 0 Å². The third-order valence-electron chi connectivity index (χ3n) is 3.48. The van der Waals surface area contributed by atoms with Crippen LogP contribution in [0.2, 0.25) is 0 Å². The Morgan fingerprint density at radius 1 is 0.958 bits per heavy atom. The summed E-state index contributed by atoms with van der Waals surface area (Å²) in [5.74, 6) is -0.891. The van der Waals surface area contributed by atoms with E-state index < -0.39 is 18.2 Å². The molecule has 0 heterocycles. The first-order valence-corrected chi connectivity index (χ1v) is 8.80.